The van der Waals surface area contributed by atoms with Crippen LogP contribution in [0.3, 0.4) is 0 Å². The lowest BCUT2D eigenvalue weighted by atomic mass is 10.2. The van der Waals surface area contributed by atoms with E-state index in [9.17, 15) is 4.79 Å². The van der Waals surface area contributed by atoms with Crippen LogP contribution in [-0.4, -0.2) is 32.5 Å². The number of rotatable bonds is 7. The maximum atomic E-state index is 12.4. The molecule has 0 N–H and O–H groups in total. The van der Waals surface area contributed by atoms with Crippen LogP contribution in [-0.2, 0) is 17.8 Å². The molecule has 7 heteroatoms. The van der Waals surface area contributed by atoms with Crippen LogP contribution in [0.2, 0.25) is 0 Å². The number of carbonyl (C=O) groups is 1. The normalized spacial score (nSPS) is 10.7. The molecule has 3 aromatic heterocycles. The predicted molar refractivity (Wildman–Crippen MR) is 91.3 cm³/mol. The van der Waals surface area contributed by atoms with E-state index in [0.29, 0.717) is 37.6 Å². The van der Waals surface area contributed by atoms with Crippen LogP contribution in [0.5, 0.6) is 0 Å². The van der Waals surface area contributed by atoms with Crippen LogP contribution in [0.25, 0.3) is 11.4 Å². The van der Waals surface area contributed by atoms with Gasteiger partial charge < -0.3 is 9.42 Å². The number of aromatic nitrogens is 3. The van der Waals surface area contributed by atoms with Gasteiger partial charge in [0.2, 0.25) is 17.6 Å². The smallest absolute Gasteiger partial charge is 0.227 e. The fraction of sp³-hybridized carbons (Fsp3) is 0.294. The Morgan fingerprint density at radius 1 is 1.29 bits per heavy atom. The first-order valence-corrected chi connectivity index (χ1v) is 8.67. The Labute approximate surface area is 144 Å². The summed E-state index contributed by atoms with van der Waals surface area (Å²) < 4.78 is 5.24. The van der Waals surface area contributed by atoms with Crippen molar-refractivity contribution in [2.24, 2.45) is 0 Å². The molecule has 0 aromatic carbocycles. The highest BCUT2D eigenvalue weighted by Gasteiger charge is 2.15. The first-order chi connectivity index (χ1) is 11.8. The lowest BCUT2D eigenvalue weighted by Crippen LogP contribution is -2.30. The number of carbonyl (C=O) groups excluding carboxylic acids is 1. The topological polar surface area (TPSA) is 72.1 Å². The van der Waals surface area contributed by atoms with Crippen molar-refractivity contribution >= 4 is 17.2 Å². The molecule has 0 bridgehead atoms. The summed E-state index contributed by atoms with van der Waals surface area (Å²) in [6.45, 7) is 3.32. The third-order valence-electron chi connectivity index (χ3n) is 3.62. The van der Waals surface area contributed by atoms with Crippen molar-refractivity contribution in [1.82, 2.24) is 20.0 Å². The van der Waals surface area contributed by atoms with Gasteiger partial charge >= 0.3 is 0 Å². The Hall–Kier alpha value is -2.54. The van der Waals surface area contributed by atoms with E-state index in [1.807, 2.05) is 41.5 Å². The summed E-state index contributed by atoms with van der Waals surface area (Å²) in [5, 5.41) is 5.97. The minimum Gasteiger partial charge on any atom is -0.339 e. The molecule has 0 radical (unpaired) electrons. The molecule has 3 aromatic rings. The molecule has 0 saturated carbocycles. The van der Waals surface area contributed by atoms with E-state index in [0.717, 1.165) is 5.56 Å². The number of amides is 1. The maximum Gasteiger partial charge on any atom is 0.227 e. The van der Waals surface area contributed by atoms with Gasteiger partial charge in [0.25, 0.3) is 0 Å². The largest absolute Gasteiger partial charge is 0.339 e. The van der Waals surface area contributed by atoms with Crippen LogP contribution in [0, 0.1) is 0 Å². The van der Waals surface area contributed by atoms with Crippen molar-refractivity contribution in [3.05, 3.63) is 52.8 Å². The molecule has 0 saturated heterocycles. The van der Waals surface area contributed by atoms with Crippen LogP contribution in [0.15, 0.2) is 46.6 Å². The second kappa shape index (κ2) is 7.83. The first-order valence-electron chi connectivity index (χ1n) is 7.79. The Kier molecular flexibility index (Phi) is 5.32. The van der Waals surface area contributed by atoms with Crippen LogP contribution in [0.4, 0.5) is 0 Å². The molecule has 3 rings (SSSR count). The van der Waals surface area contributed by atoms with Gasteiger partial charge in [-0.25, -0.2) is 0 Å². The summed E-state index contributed by atoms with van der Waals surface area (Å²) in [6.07, 6.45) is 4.16. The molecule has 0 spiro atoms. The lowest BCUT2D eigenvalue weighted by molar-refractivity contribution is -0.131. The SMILES string of the molecule is CCN(Cc1cccs1)C(=O)CCc1nc(-c2ccncc2)no1. The van der Waals surface area contributed by atoms with Crippen molar-refractivity contribution in [3.63, 3.8) is 0 Å². The van der Waals surface area contributed by atoms with Gasteiger partial charge in [-0.3, -0.25) is 9.78 Å². The summed E-state index contributed by atoms with van der Waals surface area (Å²) in [6, 6.07) is 7.68. The molecule has 0 atom stereocenters. The van der Waals surface area contributed by atoms with Gasteiger partial charge in [0.1, 0.15) is 0 Å². The third kappa shape index (κ3) is 4.05. The number of pyridine rings is 1. The lowest BCUT2D eigenvalue weighted by Gasteiger charge is -2.19. The maximum absolute atomic E-state index is 12.4. The van der Waals surface area contributed by atoms with Gasteiger partial charge in [0, 0.05) is 42.2 Å². The Morgan fingerprint density at radius 3 is 2.83 bits per heavy atom. The van der Waals surface area contributed by atoms with E-state index >= 15 is 0 Å². The average molecular weight is 342 g/mol. The summed E-state index contributed by atoms with van der Waals surface area (Å²) in [4.78, 5) is 23.7. The molecule has 124 valence electrons. The zero-order valence-corrected chi connectivity index (χ0v) is 14.2. The Bertz CT molecular complexity index is 771. The molecule has 0 fully saturated rings. The third-order valence-corrected chi connectivity index (χ3v) is 4.48. The van der Waals surface area contributed by atoms with Gasteiger partial charge in [-0.1, -0.05) is 11.2 Å². The quantitative estimate of drug-likeness (QED) is 0.659. The number of hydrogen-bond donors (Lipinski definition) is 0. The van der Waals surface area contributed by atoms with Gasteiger partial charge in [-0.05, 0) is 30.5 Å². The fourth-order valence-electron chi connectivity index (χ4n) is 2.31. The van der Waals surface area contributed by atoms with Gasteiger partial charge in [-0.2, -0.15) is 4.98 Å². The first kappa shape index (κ1) is 16.3. The second-order valence-electron chi connectivity index (χ2n) is 5.23. The van der Waals surface area contributed by atoms with Gasteiger partial charge in [0.15, 0.2) is 0 Å². The highest BCUT2D eigenvalue weighted by atomic mass is 32.1. The van der Waals surface area contributed by atoms with Crippen molar-refractivity contribution in [2.75, 3.05) is 6.54 Å². The van der Waals surface area contributed by atoms with Crippen molar-refractivity contribution in [1.29, 1.82) is 0 Å². The van der Waals surface area contributed by atoms with E-state index in [4.69, 9.17) is 4.52 Å². The van der Waals surface area contributed by atoms with E-state index in [1.54, 1.807) is 23.7 Å². The number of aryl methyl sites for hydroxylation is 1. The number of thiophene rings is 1. The molecular weight excluding hydrogens is 324 g/mol. The molecular formula is C17H18N4O2S. The van der Waals surface area contributed by atoms with Crippen LogP contribution in [0.1, 0.15) is 24.1 Å². The zero-order chi connectivity index (χ0) is 16.8. The van der Waals surface area contributed by atoms with Crippen LogP contribution >= 0.6 is 11.3 Å². The highest BCUT2D eigenvalue weighted by molar-refractivity contribution is 7.09. The summed E-state index contributed by atoms with van der Waals surface area (Å²) in [5.41, 5.74) is 0.846. The van der Waals surface area contributed by atoms with Crippen molar-refractivity contribution in [2.45, 2.75) is 26.3 Å². The van der Waals surface area contributed by atoms with Gasteiger partial charge in [0.05, 0.1) is 6.54 Å². The molecule has 0 unspecified atom stereocenters. The Morgan fingerprint density at radius 2 is 2.12 bits per heavy atom. The minimum absolute atomic E-state index is 0.0922. The van der Waals surface area contributed by atoms with E-state index in [2.05, 4.69) is 15.1 Å². The molecule has 6 nitrogen and oxygen atoms in total. The van der Waals surface area contributed by atoms with Crippen molar-refractivity contribution in [3.8, 4) is 11.4 Å². The highest BCUT2D eigenvalue weighted by Crippen LogP contribution is 2.16. The van der Waals surface area contributed by atoms with E-state index in [1.165, 1.54) is 4.88 Å². The van der Waals surface area contributed by atoms with Gasteiger partial charge in [-0.15, -0.1) is 11.3 Å². The fourth-order valence-corrected chi connectivity index (χ4v) is 3.03. The average Bonchev–Trinajstić information content (AvgIpc) is 3.30. The summed E-state index contributed by atoms with van der Waals surface area (Å²) >= 11 is 1.66. The zero-order valence-electron chi connectivity index (χ0n) is 13.4. The number of hydrogen-bond acceptors (Lipinski definition) is 6. The summed E-state index contributed by atoms with van der Waals surface area (Å²) in [7, 11) is 0. The van der Waals surface area contributed by atoms with Crippen LogP contribution < -0.4 is 0 Å². The van der Waals surface area contributed by atoms with E-state index < -0.39 is 0 Å². The van der Waals surface area contributed by atoms with Crippen molar-refractivity contribution < 1.29 is 9.32 Å². The molecule has 0 aliphatic carbocycles. The summed E-state index contributed by atoms with van der Waals surface area (Å²) in [5.74, 6) is 1.09. The monoisotopic (exact) mass is 342 g/mol. The molecule has 3 heterocycles. The van der Waals surface area contributed by atoms with E-state index in [-0.39, 0.29) is 5.91 Å². The molecule has 1 amide bonds. The standard InChI is InChI=1S/C17H18N4O2S/c1-2-21(12-14-4-3-11-24-14)16(22)6-5-15-19-17(20-23-15)13-7-9-18-10-8-13/h3-4,7-11H,2,5-6,12H2,1H3. The second-order valence-corrected chi connectivity index (χ2v) is 6.27. The molecule has 0 aliphatic heterocycles. The predicted octanol–water partition coefficient (Wildman–Crippen LogP) is 3.17. The minimum atomic E-state index is 0.0922. The number of nitrogens with zero attached hydrogens (tertiary/aromatic N) is 4. The molecule has 0 aliphatic rings. The Balaban J connectivity index is 1.57. The molecule has 24 heavy (non-hydrogen) atoms.